The van der Waals surface area contributed by atoms with Gasteiger partial charge in [0.2, 0.25) is 0 Å². The number of pyridine rings is 1. The number of benzene rings is 2. The fraction of sp³-hybridized carbons (Fsp3) is 0.217. The molecule has 0 unspecified atom stereocenters. The van der Waals surface area contributed by atoms with Crippen LogP contribution in [-0.4, -0.2) is 27.4 Å². The van der Waals surface area contributed by atoms with Crippen molar-refractivity contribution in [2.24, 2.45) is 0 Å². The smallest absolute Gasteiger partial charge is 0.251 e. The van der Waals surface area contributed by atoms with Gasteiger partial charge in [-0.2, -0.15) is 0 Å². The average molecular weight is 386 g/mol. The number of aryl methyl sites for hydroxylation is 3. The summed E-state index contributed by atoms with van der Waals surface area (Å²) in [5.41, 5.74) is 6.17. The molecule has 6 nitrogen and oxygen atoms in total. The first-order valence-corrected chi connectivity index (χ1v) is 9.56. The molecule has 4 rings (SSSR count). The molecular weight excluding hydrogens is 364 g/mol. The van der Waals surface area contributed by atoms with Crippen molar-refractivity contribution in [3.8, 4) is 0 Å². The van der Waals surface area contributed by atoms with Gasteiger partial charge in [-0.15, -0.1) is 0 Å². The van der Waals surface area contributed by atoms with Crippen molar-refractivity contribution in [1.29, 1.82) is 0 Å². The largest absolute Gasteiger partial charge is 0.352 e. The Bertz CT molecular complexity index is 1310. The molecule has 0 saturated carbocycles. The van der Waals surface area contributed by atoms with E-state index >= 15 is 0 Å². The number of rotatable bonds is 4. The summed E-state index contributed by atoms with van der Waals surface area (Å²) >= 11 is 0. The van der Waals surface area contributed by atoms with E-state index in [1.165, 1.54) is 0 Å². The monoisotopic (exact) mass is 386 g/mol. The van der Waals surface area contributed by atoms with E-state index in [2.05, 4.69) is 20.3 Å². The lowest BCUT2D eigenvalue weighted by molar-refractivity contribution is 0.0954. The molecule has 0 aliphatic rings. The van der Waals surface area contributed by atoms with Crippen molar-refractivity contribution < 1.29 is 4.79 Å². The van der Waals surface area contributed by atoms with Gasteiger partial charge >= 0.3 is 0 Å². The van der Waals surface area contributed by atoms with Gasteiger partial charge in [0.25, 0.3) is 11.5 Å². The van der Waals surface area contributed by atoms with Crippen LogP contribution in [0.3, 0.4) is 0 Å². The van der Waals surface area contributed by atoms with Crippen LogP contribution >= 0.6 is 0 Å². The molecule has 2 heterocycles. The first kappa shape index (κ1) is 18.8. The quantitative estimate of drug-likeness (QED) is 0.563. The third-order valence-electron chi connectivity index (χ3n) is 5.10. The van der Waals surface area contributed by atoms with E-state index in [1.54, 1.807) is 18.2 Å². The van der Waals surface area contributed by atoms with E-state index in [0.717, 1.165) is 33.4 Å². The van der Waals surface area contributed by atoms with Crippen molar-refractivity contribution in [3.05, 3.63) is 80.9 Å². The Kier molecular flexibility index (Phi) is 4.84. The van der Waals surface area contributed by atoms with Crippen molar-refractivity contribution in [2.75, 3.05) is 6.54 Å². The predicted molar refractivity (Wildman–Crippen MR) is 114 cm³/mol. The minimum Gasteiger partial charge on any atom is -0.352 e. The zero-order chi connectivity index (χ0) is 20.5. The summed E-state index contributed by atoms with van der Waals surface area (Å²) in [5.74, 6) is -0.195. The zero-order valence-corrected chi connectivity index (χ0v) is 16.7. The molecule has 0 radical (unpaired) electrons. The average Bonchev–Trinajstić information content (AvgIpc) is 2.69. The molecule has 0 spiro atoms. The zero-order valence-electron chi connectivity index (χ0n) is 16.7. The Balaban J connectivity index is 1.47. The van der Waals surface area contributed by atoms with Gasteiger partial charge in [-0.05, 0) is 68.5 Å². The molecule has 1 amide bonds. The molecule has 0 bridgehead atoms. The van der Waals surface area contributed by atoms with Crippen molar-refractivity contribution in [3.63, 3.8) is 0 Å². The normalized spacial score (nSPS) is 11.1. The SMILES string of the molecule is Cc1ccc2cc(CCNC(=O)c3ccc4nc(C)c(C)nc4c3)c(=O)[nH]c2c1. The molecule has 0 saturated heterocycles. The van der Waals surface area contributed by atoms with Crippen LogP contribution in [-0.2, 0) is 6.42 Å². The third-order valence-corrected chi connectivity index (χ3v) is 5.10. The first-order valence-electron chi connectivity index (χ1n) is 9.56. The van der Waals surface area contributed by atoms with Crippen LogP contribution in [0.2, 0.25) is 0 Å². The van der Waals surface area contributed by atoms with Crippen LogP contribution in [0.5, 0.6) is 0 Å². The van der Waals surface area contributed by atoms with Crippen LogP contribution < -0.4 is 10.9 Å². The number of amides is 1. The number of hydrogen-bond donors (Lipinski definition) is 2. The lowest BCUT2D eigenvalue weighted by atomic mass is 10.1. The minimum atomic E-state index is -0.195. The van der Waals surface area contributed by atoms with E-state index in [1.807, 2.05) is 45.0 Å². The van der Waals surface area contributed by atoms with E-state index in [0.29, 0.717) is 29.6 Å². The molecule has 6 heteroatoms. The molecule has 146 valence electrons. The second-order valence-corrected chi connectivity index (χ2v) is 7.32. The van der Waals surface area contributed by atoms with Gasteiger partial charge in [0, 0.05) is 23.2 Å². The summed E-state index contributed by atoms with van der Waals surface area (Å²) in [4.78, 5) is 36.7. The Morgan fingerprint density at radius 3 is 2.52 bits per heavy atom. The second kappa shape index (κ2) is 7.47. The number of aromatic nitrogens is 3. The van der Waals surface area contributed by atoms with Crippen molar-refractivity contribution in [1.82, 2.24) is 20.3 Å². The van der Waals surface area contributed by atoms with Gasteiger partial charge in [-0.3, -0.25) is 9.59 Å². The number of nitrogens with zero attached hydrogens (tertiary/aromatic N) is 2. The minimum absolute atomic E-state index is 0.121. The molecule has 0 fully saturated rings. The highest BCUT2D eigenvalue weighted by molar-refractivity contribution is 5.97. The van der Waals surface area contributed by atoms with Crippen LogP contribution in [0.25, 0.3) is 21.9 Å². The van der Waals surface area contributed by atoms with Gasteiger partial charge in [0.1, 0.15) is 0 Å². The predicted octanol–water partition coefficient (Wildman–Crippen LogP) is 3.37. The molecule has 4 aromatic rings. The summed E-state index contributed by atoms with van der Waals surface area (Å²) < 4.78 is 0. The highest BCUT2D eigenvalue weighted by Crippen LogP contribution is 2.15. The Hall–Kier alpha value is -3.54. The lowest BCUT2D eigenvalue weighted by Crippen LogP contribution is -2.27. The lowest BCUT2D eigenvalue weighted by Gasteiger charge is -2.08. The first-order chi connectivity index (χ1) is 13.9. The van der Waals surface area contributed by atoms with Crippen LogP contribution in [0.15, 0.2) is 47.3 Å². The summed E-state index contributed by atoms with van der Waals surface area (Å²) in [6.07, 6.45) is 0.455. The van der Waals surface area contributed by atoms with E-state index in [-0.39, 0.29) is 11.5 Å². The van der Waals surface area contributed by atoms with Crippen molar-refractivity contribution in [2.45, 2.75) is 27.2 Å². The summed E-state index contributed by atoms with van der Waals surface area (Å²) in [7, 11) is 0. The maximum absolute atomic E-state index is 12.5. The second-order valence-electron chi connectivity index (χ2n) is 7.32. The number of aromatic amines is 1. The number of H-pyrrole nitrogens is 1. The number of carbonyl (C=O) groups is 1. The summed E-state index contributed by atoms with van der Waals surface area (Å²) in [5, 5.41) is 3.86. The highest BCUT2D eigenvalue weighted by Gasteiger charge is 2.10. The van der Waals surface area contributed by atoms with Crippen LogP contribution in [0.4, 0.5) is 0 Å². The number of hydrogen-bond acceptors (Lipinski definition) is 4. The van der Waals surface area contributed by atoms with Gasteiger partial charge in [0.15, 0.2) is 0 Å². The highest BCUT2D eigenvalue weighted by atomic mass is 16.1. The fourth-order valence-corrected chi connectivity index (χ4v) is 3.33. The maximum Gasteiger partial charge on any atom is 0.251 e. The topological polar surface area (TPSA) is 87.7 Å². The molecule has 2 N–H and O–H groups in total. The summed E-state index contributed by atoms with van der Waals surface area (Å²) in [6.45, 7) is 6.17. The van der Waals surface area contributed by atoms with Gasteiger partial charge < -0.3 is 10.3 Å². The Morgan fingerprint density at radius 1 is 0.966 bits per heavy atom. The molecule has 2 aromatic carbocycles. The summed E-state index contributed by atoms with van der Waals surface area (Å²) in [6, 6.07) is 13.1. The molecule has 0 aliphatic heterocycles. The molecule has 0 aliphatic carbocycles. The van der Waals surface area contributed by atoms with Crippen LogP contribution in [0.1, 0.15) is 32.9 Å². The van der Waals surface area contributed by atoms with Gasteiger partial charge in [0.05, 0.1) is 22.4 Å². The maximum atomic E-state index is 12.5. The standard InChI is InChI=1S/C23H22N4O2/c1-13-4-5-16-11-18(23(29)27-20(16)10-13)8-9-24-22(28)17-6-7-19-21(12-17)26-15(3)14(2)25-19/h4-7,10-12H,8-9H2,1-3H3,(H,24,28)(H,27,29). The van der Waals surface area contributed by atoms with Crippen molar-refractivity contribution >= 4 is 27.8 Å². The third kappa shape index (κ3) is 3.87. The molecule has 29 heavy (non-hydrogen) atoms. The van der Waals surface area contributed by atoms with Gasteiger partial charge in [-0.25, -0.2) is 9.97 Å². The number of carbonyl (C=O) groups excluding carboxylic acids is 1. The van der Waals surface area contributed by atoms with E-state index in [9.17, 15) is 9.59 Å². The Labute approximate surface area is 168 Å². The number of fused-ring (bicyclic) bond motifs is 2. The van der Waals surface area contributed by atoms with Gasteiger partial charge in [-0.1, -0.05) is 12.1 Å². The van der Waals surface area contributed by atoms with Crippen LogP contribution in [0, 0.1) is 20.8 Å². The fourth-order valence-electron chi connectivity index (χ4n) is 3.33. The van der Waals surface area contributed by atoms with E-state index in [4.69, 9.17) is 0 Å². The van der Waals surface area contributed by atoms with E-state index < -0.39 is 0 Å². The number of nitrogens with one attached hydrogen (secondary N) is 2. The molecule has 0 atom stereocenters. The Morgan fingerprint density at radius 2 is 1.72 bits per heavy atom. The molecule has 2 aromatic heterocycles. The molecular formula is C23H22N4O2.